The fourth-order valence-corrected chi connectivity index (χ4v) is 0.958. The fraction of sp³-hybridized carbons (Fsp3) is 0.667. The van der Waals surface area contributed by atoms with Gasteiger partial charge in [0, 0.05) is 24.8 Å². The molecule has 0 fully saturated rings. The summed E-state index contributed by atoms with van der Waals surface area (Å²) in [6.45, 7) is 7.69. The summed E-state index contributed by atoms with van der Waals surface area (Å²) in [5.41, 5.74) is 6.67. The Morgan fingerprint density at radius 2 is 2.31 bits per heavy atom. The van der Waals surface area contributed by atoms with Crippen molar-refractivity contribution in [1.82, 2.24) is 9.78 Å². The molecule has 0 radical (unpaired) electrons. The largest absolute Gasteiger partial charge is 0.381 e. The Kier molecular flexibility index (Phi) is 2.93. The third kappa shape index (κ3) is 3.46. The molecule has 13 heavy (non-hydrogen) atoms. The fourth-order valence-electron chi connectivity index (χ4n) is 0.958. The molecule has 0 bridgehead atoms. The molecule has 0 saturated carbocycles. The van der Waals surface area contributed by atoms with Gasteiger partial charge in [0.2, 0.25) is 0 Å². The minimum absolute atomic E-state index is 0.186. The standard InChI is InChI=1S/C9H18N4/c1-4-13-6-8(5-12-13)11-7-9(2,3)10/h5-6,11H,4,7,10H2,1-3H3. The second kappa shape index (κ2) is 3.79. The SMILES string of the molecule is CCn1cc(NCC(C)(C)N)cn1. The van der Waals surface area contributed by atoms with Crippen LogP contribution in [0.5, 0.6) is 0 Å². The minimum atomic E-state index is -0.186. The van der Waals surface area contributed by atoms with E-state index in [1.807, 2.05) is 30.9 Å². The molecule has 1 aromatic rings. The maximum absolute atomic E-state index is 5.83. The van der Waals surface area contributed by atoms with Crippen molar-refractivity contribution in [3.63, 3.8) is 0 Å². The molecule has 0 aliphatic heterocycles. The summed E-state index contributed by atoms with van der Waals surface area (Å²) in [6.07, 6.45) is 3.79. The molecule has 0 saturated heterocycles. The maximum Gasteiger partial charge on any atom is 0.0727 e. The average molecular weight is 182 g/mol. The highest BCUT2D eigenvalue weighted by Gasteiger charge is 2.09. The molecule has 0 atom stereocenters. The summed E-state index contributed by atoms with van der Waals surface area (Å²) in [5, 5.41) is 7.38. The minimum Gasteiger partial charge on any atom is -0.381 e. The van der Waals surface area contributed by atoms with Gasteiger partial charge in [0.15, 0.2) is 0 Å². The molecular formula is C9H18N4. The number of nitrogens with one attached hydrogen (secondary N) is 1. The van der Waals surface area contributed by atoms with E-state index in [-0.39, 0.29) is 5.54 Å². The van der Waals surface area contributed by atoms with E-state index in [9.17, 15) is 0 Å². The van der Waals surface area contributed by atoms with Gasteiger partial charge in [-0.15, -0.1) is 0 Å². The van der Waals surface area contributed by atoms with Crippen LogP contribution in [-0.4, -0.2) is 21.9 Å². The quantitative estimate of drug-likeness (QED) is 0.732. The molecule has 4 nitrogen and oxygen atoms in total. The number of nitrogens with zero attached hydrogens (tertiary/aromatic N) is 2. The number of aryl methyl sites for hydroxylation is 1. The predicted molar refractivity (Wildman–Crippen MR) is 54.7 cm³/mol. The molecular weight excluding hydrogens is 164 g/mol. The molecule has 4 heteroatoms. The first-order chi connectivity index (χ1) is 6.01. The van der Waals surface area contributed by atoms with Crippen LogP contribution in [0.2, 0.25) is 0 Å². The predicted octanol–water partition coefficient (Wildman–Crippen LogP) is 1.05. The Morgan fingerprint density at radius 3 is 2.77 bits per heavy atom. The molecule has 1 rings (SSSR count). The van der Waals surface area contributed by atoms with Gasteiger partial charge in [-0.25, -0.2) is 0 Å². The molecule has 1 heterocycles. The normalized spacial score (nSPS) is 11.7. The van der Waals surface area contributed by atoms with E-state index in [1.165, 1.54) is 0 Å². The van der Waals surface area contributed by atoms with Gasteiger partial charge in [-0.1, -0.05) is 0 Å². The van der Waals surface area contributed by atoms with Crippen molar-refractivity contribution in [2.75, 3.05) is 11.9 Å². The van der Waals surface area contributed by atoms with Gasteiger partial charge in [-0.05, 0) is 20.8 Å². The van der Waals surface area contributed by atoms with Crippen LogP contribution < -0.4 is 11.1 Å². The van der Waals surface area contributed by atoms with E-state index in [2.05, 4.69) is 17.3 Å². The first kappa shape index (κ1) is 10.1. The van der Waals surface area contributed by atoms with Gasteiger partial charge < -0.3 is 11.1 Å². The molecule has 0 spiro atoms. The van der Waals surface area contributed by atoms with E-state index in [4.69, 9.17) is 5.73 Å². The van der Waals surface area contributed by atoms with Gasteiger partial charge in [0.25, 0.3) is 0 Å². The van der Waals surface area contributed by atoms with Gasteiger partial charge in [0.1, 0.15) is 0 Å². The molecule has 0 aliphatic rings. The van der Waals surface area contributed by atoms with E-state index in [1.54, 1.807) is 0 Å². The Balaban J connectivity index is 2.46. The number of rotatable bonds is 4. The highest BCUT2D eigenvalue weighted by molar-refractivity contribution is 5.38. The molecule has 1 aromatic heterocycles. The van der Waals surface area contributed by atoms with Crippen LogP contribution in [0.1, 0.15) is 20.8 Å². The highest BCUT2D eigenvalue weighted by atomic mass is 15.3. The summed E-state index contributed by atoms with van der Waals surface area (Å²) >= 11 is 0. The van der Waals surface area contributed by atoms with Crippen molar-refractivity contribution in [3.05, 3.63) is 12.4 Å². The van der Waals surface area contributed by atoms with E-state index in [0.29, 0.717) is 0 Å². The van der Waals surface area contributed by atoms with Gasteiger partial charge in [0.05, 0.1) is 11.9 Å². The zero-order valence-electron chi connectivity index (χ0n) is 8.54. The van der Waals surface area contributed by atoms with Crippen LogP contribution in [-0.2, 0) is 6.54 Å². The Hall–Kier alpha value is -1.03. The summed E-state index contributed by atoms with van der Waals surface area (Å²) in [6, 6.07) is 0. The van der Waals surface area contributed by atoms with Crippen LogP contribution in [0, 0.1) is 0 Å². The Labute approximate surface area is 79.1 Å². The summed E-state index contributed by atoms with van der Waals surface area (Å²) < 4.78 is 1.88. The molecule has 74 valence electrons. The topological polar surface area (TPSA) is 55.9 Å². The van der Waals surface area contributed by atoms with Crippen LogP contribution in [0.3, 0.4) is 0 Å². The average Bonchev–Trinajstić information content (AvgIpc) is 2.47. The lowest BCUT2D eigenvalue weighted by Crippen LogP contribution is -2.39. The van der Waals surface area contributed by atoms with Crippen molar-refractivity contribution < 1.29 is 0 Å². The summed E-state index contributed by atoms with van der Waals surface area (Å²) in [4.78, 5) is 0. The summed E-state index contributed by atoms with van der Waals surface area (Å²) in [5.74, 6) is 0. The molecule has 0 aliphatic carbocycles. The van der Waals surface area contributed by atoms with Crippen LogP contribution >= 0.6 is 0 Å². The van der Waals surface area contributed by atoms with Crippen molar-refractivity contribution >= 4 is 5.69 Å². The van der Waals surface area contributed by atoms with Crippen LogP contribution in [0.4, 0.5) is 5.69 Å². The first-order valence-electron chi connectivity index (χ1n) is 4.56. The number of nitrogens with two attached hydrogens (primary N) is 1. The molecule has 0 aromatic carbocycles. The van der Waals surface area contributed by atoms with E-state index in [0.717, 1.165) is 18.8 Å². The zero-order valence-corrected chi connectivity index (χ0v) is 8.54. The van der Waals surface area contributed by atoms with Crippen molar-refractivity contribution in [2.45, 2.75) is 32.9 Å². The third-order valence-electron chi connectivity index (χ3n) is 1.71. The number of hydrogen-bond donors (Lipinski definition) is 2. The number of hydrogen-bond acceptors (Lipinski definition) is 3. The van der Waals surface area contributed by atoms with Gasteiger partial charge in [-0.2, -0.15) is 5.10 Å². The van der Waals surface area contributed by atoms with Crippen molar-refractivity contribution in [1.29, 1.82) is 0 Å². The lowest BCUT2D eigenvalue weighted by Gasteiger charge is -2.18. The van der Waals surface area contributed by atoms with Crippen LogP contribution in [0.15, 0.2) is 12.4 Å². The van der Waals surface area contributed by atoms with E-state index < -0.39 is 0 Å². The second-order valence-corrected chi connectivity index (χ2v) is 3.93. The van der Waals surface area contributed by atoms with Gasteiger partial charge >= 0.3 is 0 Å². The lowest BCUT2D eigenvalue weighted by molar-refractivity contribution is 0.549. The number of anilines is 1. The second-order valence-electron chi connectivity index (χ2n) is 3.93. The van der Waals surface area contributed by atoms with Crippen molar-refractivity contribution in [3.8, 4) is 0 Å². The lowest BCUT2D eigenvalue weighted by atomic mass is 10.1. The maximum atomic E-state index is 5.83. The van der Waals surface area contributed by atoms with Crippen molar-refractivity contribution in [2.24, 2.45) is 5.73 Å². The molecule has 3 N–H and O–H groups in total. The highest BCUT2D eigenvalue weighted by Crippen LogP contribution is 2.06. The first-order valence-corrected chi connectivity index (χ1v) is 4.56. The Morgan fingerprint density at radius 1 is 1.62 bits per heavy atom. The summed E-state index contributed by atoms with van der Waals surface area (Å²) in [7, 11) is 0. The zero-order chi connectivity index (χ0) is 9.90. The molecule has 0 amide bonds. The number of aromatic nitrogens is 2. The van der Waals surface area contributed by atoms with E-state index >= 15 is 0 Å². The van der Waals surface area contributed by atoms with Gasteiger partial charge in [-0.3, -0.25) is 4.68 Å². The Bertz CT molecular complexity index is 259. The van der Waals surface area contributed by atoms with Crippen LogP contribution in [0.25, 0.3) is 0 Å². The third-order valence-corrected chi connectivity index (χ3v) is 1.71. The molecule has 0 unspecified atom stereocenters. The smallest absolute Gasteiger partial charge is 0.0727 e. The monoisotopic (exact) mass is 182 g/mol.